The van der Waals surface area contributed by atoms with Crippen LogP contribution in [-0.4, -0.2) is 37.7 Å². The summed E-state index contributed by atoms with van der Waals surface area (Å²) in [6.07, 6.45) is 1.77. The molecule has 1 aliphatic heterocycles. The molecule has 0 radical (unpaired) electrons. The van der Waals surface area contributed by atoms with E-state index in [4.69, 9.17) is 0 Å². The summed E-state index contributed by atoms with van der Waals surface area (Å²) in [6, 6.07) is 13.4. The number of carbonyl (C=O) groups excluding carboxylic acids is 1. The quantitative estimate of drug-likeness (QED) is 0.542. The summed E-state index contributed by atoms with van der Waals surface area (Å²) in [4.78, 5) is 42.3. The number of amides is 1. The zero-order chi connectivity index (χ0) is 20.7. The number of aromatic amines is 2. The molecule has 8 nitrogen and oxygen atoms in total. The van der Waals surface area contributed by atoms with Crippen molar-refractivity contribution >= 4 is 27.8 Å². The Morgan fingerprint density at radius 3 is 2.70 bits per heavy atom. The van der Waals surface area contributed by atoms with E-state index in [1.807, 2.05) is 23.1 Å². The van der Waals surface area contributed by atoms with Crippen molar-refractivity contribution < 1.29 is 4.79 Å². The first-order valence-electron chi connectivity index (χ1n) is 9.84. The van der Waals surface area contributed by atoms with Crippen LogP contribution in [0.2, 0.25) is 0 Å². The maximum absolute atomic E-state index is 12.7. The Labute approximate surface area is 170 Å². The Morgan fingerprint density at radius 1 is 1.03 bits per heavy atom. The van der Waals surface area contributed by atoms with Crippen LogP contribution in [0.4, 0.5) is 0 Å². The van der Waals surface area contributed by atoms with Crippen LogP contribution in [-0.2, 0) is 24.2 Å². The van der Waals surface area contributed by atoms with Crippen LogP contribution in [0.25, 0.3) is 21.9 Å². The van der Waals surface area contributed by atoms with Gasteiger partial charge in [0, 0.05) is 24.9 Å². The van der Waals surface area contributed by atoms with Crippen LogP contribution in [0.1, 0.15) is 23.1 Å². The average Bonchev–Trinajstić information content (AvgIpc) is 3.24. The highest BCUT2D eigenvalue weighted by atomic mass is 16.2. The Balaban J connectivity index is 1.37. The summed E-state index contributed by atoms with van der Waals surface area (Å²) >= 11 is 0. The number of hydrogen-bond donors (Lipinski definition) is 2. The summed E-state index contributed by atoms with van der Waals surface area (Å²) in [5.41, 5.74) is 2.96. The van der Waals surface area contributed by atoms with Crippen molar-refractivity contribution in [2.45, 2.75) is 25.8 Å². The molecule has 0 spiro atoms. The Morgan fingerprint density at radius 2 is 1.83 bits per heavy atom. The van der Waals surface area contributed by atoms with Crippen LogP contribution in [0.3, 0.4) is 0 Å². The summed E-state index contributed by atoms with van der Waals surface area (Å²) < 4.78 is 0. The van der Waals surface area contributed by atoms with E-state index in [1.54, 1.807) is 12.1 Å². The second kappa shape index (κ2) is 7.22. The number of carbonyl (C=O) groups is 1. The van der Waals surface area contributed by atoms with E-state index in [0.29, 0.717) is 30.3 Å². The minimum absolute atomic E-state index is 0.0135. The van der Waals surface area contributed by atoms with Crippen molar-refractivity contribution in [3.63, 3.8) is 0 Å². The normalized spacial score (nSPS) is 13.5. The van der Waals surface area contributed by atoms with Gasteiger partial charge in [-0.3, -0.25) is 14.4 Å². The molecule has 1 amide bonds. The predicted molar refractivity (Wildman–Crippen MR) is 112 cm³/mol. The van der Waals surface area contributed by atoms with E-state index >= 15 is 0 Å². The van der Waals surface area contributed by atoms with Crippen LogP contribution in [0.5, 0.6) is 0 Å². The summed E-state index contributed by atoms with van der Waals surface area (Å²) in [7, 11) is 0. The fraction of sp³-hybridized carbons (Fsp3) is 0.227. The third-order valence-corrected chi connectivity index (χ3v) is 5.67. The smallest absolute Gasteiger partial charge is 0.278 e. The standard InChI is InChI=1S/C22H19N5O3/c28-18(27-10-9-14-3-1-2-4-15(14)12-27)8-6-13-5-7-16-17(11-13)23-22(30)20-19(21(16)29)24-26-25-20/h1-5,7,11H,6,8-10,12H2,(H,23,30)(H,24,25,26). The minimum Gasteiger partial charge on any atom is -0.338 e. The van der Waals surface area contributed by atoms with Gasteiger partial charge >= 0.3 is 0 Å². The maximum Gasteiger partial charge on any atom is 0.278 e. The molecule has 0 atom stereocenters. The third-order valence-electron chi connectivity index (χ3n) is 5.67. The average molecular weight is 401 g/mol. The highest BCUT2D eigenvalue weighted by Crippen LogP contribution is 2.20. The number of aryl methyl sites for hydroxylation is 1. The molecule has 0 saturated heterocycles. The largest absolute Gasteiger partial charge is 0.338 e. The van der Waals surface area contributed by atoms with E-state index in [2.05, 4.69) is 32.5 Å². The molecule has 5 rings (SSSR count). The van der Waals surface area contributed by atoms with Crippen LogP contribution < -0.4 is 11.0 Å². The molecule has 0 fully saturated rings. The van der Waals surface area contributed by atoms with Gasteiger partial charge in [0.15, 0.2) is 11.0 Å². The van der Waals surface area contributed by atoms with Gasteiger partial charge < -0.3 is 9.88 Å². The molecule has 4 aromatic rings. The lowest BCUT2D eigenvalue weighted by Crippen LogP contribution is -2.36. The third kappa shape index (κ3) is 3.16. The molecule has 0 bridgehead atoms. The molecule has 0 unspecified atom stereocenters. The number of fused-ring (bicyclic) bond motifs is 3. The van der Waals surface area contributed by atoms with Gasteiger partial charge in [0.25, 0.3) is 5.56 Å². The lowest BCUT2D eigenvalue weighted by atomic mass is 9.99. The van der Waals surface area contributed by atoms with E-state index in [-0.39, 0.29) is 22.4 Å². The van der Waals surface area contributed by atoms with E-state index < -0.39 is 5.56 Å². The van der Waals surface area contributed by atoms with Gasteiger partial charge in [-0.15, -0.1) is 0 Å². The number of rotatable bonds is 3. The molecule has 2 aromatic heterocycles. The molecule has 2 aromatic carbocycles. The van der Waals surface area contributed by atoms with E-state index in [9.17, 15) is 14.4 Å². The topological polar surface area (TPSA) is 112 Å². The predicted octanol–water partition coefficient (Wildman–Crippen LogP) is 1.68. The minimum atomic E-state index is -0.481. The monoisotopic (exact) mass is 401 g/mol. The molecule has 0 saturated carbocycles. The Bertz CT molecular complexity index is 1410. The highest BCUT2D eigenvalue weighted by Gasteiger charge is 2.20. The molecular formula is C22H19N5O3. The molecule has 8 heteroatoms. The molecular weight excluding hydrogens is 382 g/mol. The van der Waals surface area contributed by atoms with Crippen molar-refractivity contribution in [2.24, 2.45) is 0 Å². The number of nitrogens with one attached hydrogen (secondary N) is 2. The maximum atomic E-state index is 12.7. The van der Waals surface area contributed by atoms with Gasteiger partial charge in [-0.25, -0.2) is 0 Å². The van der Waals surface area contributed by atoms with Crippen molar-refractivity contribution in [2.75, 3.05) is 6.54 Å². The highest BCUT2D eigenvalue weighted by molar-refractivity contribution is 5.87. The number of aromatic nitrogens is 4. The number of benzene rings is 2. The van der Waals surface area contributed by atoms with Crippen LogP contribution in [0, 0.1) is 0 Å². The Kier molecular flexibility index (Phi) is 4.39. The van der Waals surface area contributed by atoms with E-state index in [0.717, 1.165) is 18.5 Å². The fourth-order valence-electron chi connectivity index (χ4n) is 4.02. The lowest BCUT2D eigenvalue weighted by Gasteiger charge is -2.29. The second-order valence-electron chi connectivity index (χ2n) is 7.52. The molecule has 1 aliphatic rings. The van der Waals surface area contributed by atoms with E-state index in [1.165, 1.54) is 11.1 Å². The first-order chi connectivity index (χ1) is 14.6. The lowest BCUT2D eigenvalue weighted by molar-refractivity contribution is -0.132. The van der Waals surface area contributed by atoms with Gasteiger partial charge in [-0.05, 0) is 41.7 Å². The first kappa shape index (κ1) is 18.2. The molecule has 30 heavy (non-hydrogen) atoms. The summed E-state index contributed by atoms with van der Waals surface area (Å²) in [5.74, 6) is 0.101. The van der Waals surface area contributed by atoms with Crippen molar-refractivity contribution in [3.8, 4) is 0 Å². The SMILES string of the molecule is O=C(CCc1ccc2c(=O)c3n[nH]nc3c(=O)[nH]c2c1)N1CCc2ccccc2C1. The summed E-state index contributed by atoms with van der Waals surface area (Å²) in [5, 5.41) is 10.2. The molecule has 150 valence electrons. The van der Waals surface area contributed by atoms with Crippen molar-refractivity contribution in [3.05, 3.63) is 79.7 Å². The van der Waals surface area contributed by atoms with Gasteiger partial charge in [0.1, 0.15) is 0 Å². The van der Waals surface area contributed by atoms with Crippen molar-refractivity contribution in [1.29, 1.82) is 0 Å². The Hall–Kier alpha value is -3.81. The zero-order valence-electron chi connectivity index (χ0n) is 16.1. The fourth-order valence-corrected chi connectivity index (χ4v) is 4.02. The first-order valence-corrected chi connectivity index (χ1v) is 9.84. The van der Waals surface area contributed by atoms with Gasteiger partial charge in [0.2, 0.25) is 11.3 Å². The van der Waals surface area contributed by atoms with Crippen LogP contribution >= 0.6 is 0 Å². The van der Waals surface area contributed by atoms with Gasteiger partial charge in [-0.2, -0.15) is 15.4 Å². The number of H-pyrrole nitrogens is 2. The molecule has 2 N–H and O–H groups in total. The zero-order valence-corrected chi connectivity index (χ0v) is 16.1. The second-order valence-corrected chi connectivity index (χ2v) is 7.52. The number of nitrogens with zero attached hydrogens (tertiary/aromatic N) is 3. The van der Waals surface area contributed by atoms with Gasteiger partial charge in [0.05, 0.1) is 5.52 Å². The van der Waals surface area contributed by atoms with Crippen molar-refractivity contribution in [1.82, 2.24) is 25.3 Å². The molecule has 3 heterocycles. The van der Waals surface area contributed by atoms with Crippen LogP contribution in [0.15, 0.2) is 52.1 Å². The number of hydrogen-bond acceptors (Lipinski definition) is 5. The molecule has 0 aliphatic carbocycles. The summed E-state index contributed by atoms with van der Waals surface area (Å²) in [6.45, 7) is 1.37. The van der Waals surface area contributed by atoms with Gasteiger partial charge in [-0.1, -0.05) is 30.3 Å².